The second-order valence-electron chi connectivity index (χ2n) is 4.86. The Morgan fingerprint density at radius 1 is 1.05 bits per heavy atom. The van der Waals surface area contributed by atoms with Crippen molar-refractivity contribution in [2.75, 3.05) is 5.73 Å². The van der Waals surface area contributed by atoms with E-state index in [1.807, 2.05) is 0 Å². The summed E-state index contributed by atoms with van der Waals surface area (Å²) in [6.45, 7) is 4.27. The SMILES string of the molecule is CC(C)Cc1cc(N)nc(-c2cc(Cl)cc(Cl)c2)n1. The minimum absolute atomic E-state index is 0.455. The van der Waals surface area contributed by atoms with Gasteiger partial charge in [-0.25, -0.2) is 9.97 Å². The lowest BCUT2D eigenvalue weighted by atomic mass is 10.1. The summed E-state index contributed by atoms with van der Waals surface area (Å²) in [4.78, 5) is 8.76. The summed E-state index contributed by atoms with van der Waals surface area (Å²) >= 11 is 12.0. The molecular weight excluding hydrogens is 281 g/mol. The van der Waals surface area contributed by atoms with Gasteiger partial charge >= 0.3 is 0 Å². The Morgan fingerprint density at radius 2 is 1.68 bits per heavy atom. The van der Waals surface area contributed by atoms with Crippen LogP contribution < -0.4 is 5.73 Å². The predicted octanol–water partition coefficient (Wildman–Crippen LogP) is 4.23. The number of rotatable bonds is 3. The molecule has 0 fully saturated rings. The molecule has 19 heavy (non-hydrogen) atoms. The van der Waals surface area contributed by atoms with Crippen LogP contribution in [0.2, 0.25) is 10.0 Å². The zero-order chi connectivity index (χ0) is 14.0. The molecule has 0 atom stereocenters. The van der Waals surface area contributed by atoms with Crippen molar-refractivity contribution in [3.63, 3.8) is 0 Å². The van der Waals surface area contributed by atoms with Gasteiger partial charge in [-0.15, -0.1) is 0 Å². The molecule has 0 bridgehead atoms. The number of nitrogen functional groups attached to an aromatic ring is 1. The molecule has 0 amide bonds. The van der Waals surface area contributed by atoms with Gasteiger partial charge in [0.25, 0.3) is 0 Å². The summed E-state index contributed by atoms with van der Waals surface area (Å²) in [5.41, 5.74) is 7.53. The maximum Gasteiger partial charge on any atom is 0.161 e. The second kappa shape index (κ2) is 5.76. The van der Waals surface area contributed by atoms with Crippen LogP contribution in [0.5, 0.6) is 0 Å². The number of nitrogens with two attached hydrogens (primary N) is 1. The van der Waals surface area contributed by atoms with Crippen molar-refractivity contribution in [1.82, 2.24) is 9.97 Å². The number of hydrogen-bond acceptors (Lipinski definition) is 3. The maximum atomic E-state index is 5.99. The van der Waals surface area contributed by atoms with Crippen molar-refractivity contribution in [3.05, 3.63) is 40.0 Å². The third-order valence-electron chi connectivity index (χ3n) is 2.54. The minimum Gasteiger partial charge on any atom is -0.384 e. The fourth-order valence-corrected chi connectivity index (χ4v) is 2.38. The van der Waals surface area contributed by atoms with Crippen LogP contribution in [0.4, 0.5) is 5.82 Å². The highest BCUT2D eigenvalue weighted by molar-refractivity contribution is 6.35. The molecule has 0 aliphatic heterocycles. The second-order valence-corrected chi connectivity index (χ2v) is 5.74. The van der Waals surface area contributed by atoms with E-state index < -0.39 is 0 Å². The Hall–Kier alpha value is -1.32. The largest absolute Gasteiger partial charge is 0.384 e. The fourth-order valence-electron chi connectivity index (χ4n) is 1.85. The van der Waals surface area contributed by atoms with Crippen molar-refractivity contribution in [3.8, 4) is 11.4 Å². The molecule has 2 rings (SSSR count). The molecule has 1 heterocycles. The van der Waals surface area contributed by atoms with Gasteiger partial charge in [-0.05, 0) is 30.5 Å². The first-order chi connectivity index (χ1) is 8.94. The highest BCUT2D eigenvalue weighted by Gasteiger charge is 2.08. The zero-order valence-corrected chi connectivity index (χ0v) is 12.3. The van der Waals surface area contributed by atoms with E-state index in [1.54, 1.807) is 24.3 Å². The van der Waals surface area contributed by atoms with Crippen LogP contribution in [0, 0.1) is 5.92 Å². The molecule has 2 aromatic rings. The van der Waals surface area contributed by atoms with E-state index in [9.17, 15) is 0 Å². The van der Waals surface area contributed by atoms with Crippen LogP contribution in [0.1, 0.15) is 19.5 Å². The maximum absolute atomic E-state index is 5.99. The average Bonchev–Trinajstić information content (AvgIpc) is 2.25. The molecule has 3 nitrogen and oxygen atoms in total. The Balaban J connectivity index is 2.46. The lowest BCUT2D eigenvalue weighted by Crippen LogP contribution is -2.03. The van der Waals surface area contributed by atoms with Crippen LogP contribution in [0.15, 0.2) is 24.3 Å². The highest BCUT2D eigenvalue weighted by Crippen LogP contribution is 2.26. The molecule has 0 saturated heterocycles. The number of benzene rings is 1. The van der Waals surface area contributed by atoms with Gasteiger partial charge in [0.1, 0.15) is 5.82 Å². The topological polar surface area (TPSA) is 51.8 Å². The molecule has 0 aliphatic rings. The van der Waals surface area contributed by atoms with E-state index in [2.05, 4.69) is 23.8 Å². The van der Waals surface area contributed by atoms with Gasteiger partial charge in [0.2, 0.25) is 0 Å². The van der Waals surface area contributed by atoms with Gasteiger partial charge in [-0.1, -0.05) is 37.0 Å². The fraction of sp³-hybridized carbons (Fsp3) is 0.286. The van der Waals surface area contributed by atoms with E-state index in [4.69, 9.17) is 28.9 Å². The minimum atomic E-state index is 0.455. The van der Waals surface area contributed by atoms with Crippen molar-refractivity contribution in [1.29, 1.82) is 0 Å². The van der Waals surface area contributed by atoms with E-state index in [-0.39, 0.29) is 0 Å². The van der Waals surface area contributed by atoms with Crippen molar-refractivity contribution in [2.24, 2.45) is 5.92 Å². The third-order valence-corrected chi connectivity index (χ3v) is 2.97. The molecule has 0 radical (unpaired) electrons. The van der Waals surface area contributed by atoms with Crippen LogP contribution in [-0.2, 0) is 6.42 Å². The molecule has 0 spiro atoms. The predicted molar refractivity (Wildman–Crippen MR) is 80.4 cm³/mol. The van der Waals surface area contributed by atoms with Gasteiger partial charge in [-0.3, -0.25) is 0 Å². The van der Waals surface area contributed by atoms with Crippen molar-refractivity contribution in [2.45, 2.75) is 20.3 Å². The molecule has 5 heteroatoms. The first kappa shape index (κ1) is 14.1. The Bertz CT molecular complexity index is 577. The Morgan fingerprint density at radius 3 is 2.26 bits per heavy atom. The van der Waals surface area contributed by atoms with Crippen molar-refractivity contribution >= 4 is 29.0 Å². The first-order valence-corrected chi connectivity index (χ1v) is 6.79. The summed E-state index contributed by atoms with van der Waals surface area (Å²) in [7, 11) is 0. The van der Waals surface area contributed by atoms with Gasteiger partial charge in [0.15, 0.2) is 5.82 Å². The molecule has 1 aromatic heterocycles. The number of halogens is 2. The standard InChI is InChI=1S/C14H15Cl2N3/c1-8(2)3-12-7-13(17)19-14(18-12)9-4-10(15)6-11(16)5-9/h4-8H,3H2,1-2H3,(H2,17,18,19). The summed E-state index contributed by atoms with van der Waals surface area (Å²) in [5, 5.41) is 1.11. The van der Waals surface area contributed by atoms with Gasteiger partial charge in [-0.2, -0.15) is 0 Å². The summed E-state index contributed by atoms with van der Waals surface area (Å²) in [5.74, 6) is 1.52. The van der Waals surface area contributed by atoms with Crippen LogP contribution in [0.3, 0.4) is 0 Å². The third kappa shape index (κ3) is 3.82. The summed E-state index contributed by atoms with van der Waals surface area (Å²) in [6.07, 6.45) is 0.855. The van der Waals surface area contributed by atoms with Crippen LogP contribution in [0.25, 0.3) is 11.4 Å². The highest BCUT2D eigenvalue weighted by atomic mass is 35.5. The molecule has 100 valence electrons. The lowest BCUT2D eigenvalue weighted by molar-refractivity contribution is 0.635. The van der Waals surface area contributed by atoms with Gasteiger partial charge < -0.3 is 5.73 Å². The number of anilines is 1. The molecule has 0 aliphatic carbocycles. The average molecular weight is 296 g/mol. The molecular formula is C14H15Cl2N3. The number of nitrogens with zero attached hydrogens (tertiary/aromatic N) is 2. The van der Waals surface area contributed by atoms with E-state index in [0.717, 1.165) is 17.7 Å². The summed E-state index contributed by atoms with van der Waals surface area (Å²) in [6, 6.07) is 7.03. The quantitative estimate of drug-likeness (QED) is 0.922. The van der Waals surface area contributed by atoms with Crippen molar-refractivity contribution < 1.29 is 0 Å². The normalized spacial score (nSPS) is 11.0. The molecule has 2 N–H and O–H groups in total. The van der Waals surface area contributed by atoms with E-state index >= 15 is 0 Å². The Kier molecular flexibility index (Phi) is 4.27. The molecule has 0 saturated carbocycles. The van der Waals surface area contributed by atoms with Crippen LogP contribution in [-0.4, -0.2) is 9.97 Å². The van der Waals surface area contributed by atoms with Gasteiger partial charge in [0.05, 0.1) is 0 Å². The Labute approximate surface area is 122 Å². The number of aromatic nitrogens is 2. The summed E-state index contributed by atoms with van der Waals surface area (Å²) < 4.78 is 0. The number of hydrogen-bond donors (Lipinski definition) is 1. The smallest absolute Gasteiger partial charge is 0.161 e. The zero-order valence-electron chi connectivity index (χ0n) is 10.8. The van der Waals surface area contributed by atoms with E-state index in [0.29, 0.717) is 27.6 Å². The van der Waals surface area contributed by atoms with Crippen LogP contribution >= 0.6 is 23.2 Å². The molecule has 1 aromatic carbocycles. The molecule has 0 unspecified atom stereocenters. The van der Waals surface area contributed by atoms with E-state index in [1.165, 1.54) is 0 Å². The lowest BCUT2D eigenvalue weighted by Gasteiger charge is -2.08. The first-order valence-electron chi connectivity index (χ1n) is 6.04. The van der Waals surface area contributed by atoms with Gasteiger partial charge in [0, 0.05) is 27.4 Å². The monoisotopic (exact) mass is 295 g/mol.